The van der Waals surface area contributed by atoms with Crippen molar-refractivity contribution in [1.82, 2.24) is 5.32 Å². The molecule has 0 spiro atoms. The monoisotopic (exact) mass is 320 g/mol. The smallest absolute Gasteiger partial charge is 0.319 e. The minimum absolute atomic E-state index is 0.0347. The summed E-state index contributed by atoms with van der Waals surface area (Å²) in [6.45, 7) is 0. The number of nitrogens with one attached hydrogen (secondary N) is 2. The Labute approximate surface area is 135 Å². The van der Waals surface area contributed by atoms with Crippen molar-refractivity contribution in [3.05, 3.63) is 23.2 Å². The van der Waals surface area contributed by atoms with E-state index in [4.69, 9.17) is 11.6 Å². The van der Waals surface area contributed by atoms with Gasteiger partial charge < -0.3 is 15.7 Å². The van der Waals surface area contributed by atoms with E-state index in [1.165, 1.54) is 19.3 Å². The van der Waals surface area contributed by atoms with Crippen molar-refractivity contribution in [3.63, 3.8) is 0 Å². The standard InChI is InChI=1S/C17H21ClN2O2/c18-13-2-1-3-14(15(13)21)19-16(22)20-17-7-10-4-11(8-17)6-12(5-10)9-17/h1-3,10-12,21H,4-9H2,(H2,19,20,22). The van der Waals surface area contributed by atoms with Gasteiger partial charge in [0, 0.05) is 5.54 Å². The van der Waals surface area contributed by atoms with Crippen molar-refractivity contribution in [3.8, 4) is 5.75 Å². The molecule has 22 heavy (non-hydrogen) atoms. The molecule has 4 aliphatic rings. The number of aromatic hydroxyl groups is 1. The van der Waals surface area contributed by atoms with E-state index in [-0.39, 0.29) is 22.3 Å². The number of hydrogen-bond donors (Lipinski definition) is 3. The molecular weight excluding hydrogens is 300 g/mol. The minimum atomic E-state index is -0.237. The fraction of sp³-hybridized carbons (Fsp3) is 0.588. The molecule has 0 unspecified atom stereocenters. The molecule has 4 bridgehead atoms. The van der Waals surface area contributed by atoms with Gasteiger partial charge in [0.05, 0.1) is 10.7 Å². The Morgan fingerprint density at radius 1 is 1.14 bits per heavy atom. The van der Waals surface area contributed by atoms with Crippen molar-refractivity contribution >= 4 is 23.3 Å². The number of phenolic OH excluding ortho intramolecular Hbond substituents is 1. The summed E-state index contributed by atoms with van der Waals surface area (Å²) < 4.78 is 0. The number of amides is 2. The molecule has 3 N–H and O–H groups in total. The van der Waals surface area contributed by atoms with Gasteiger partial charge in [0.2, 0.25) is 0 Å². The second-order valence-corrected chi connectivity index (χ2v) is 7.82. The summed E-state index contributed by atoms with van der Waals surface area (Å²) in [6, 6.07) is 4.72. The number of halogens is 1. The third-order valence-electron chi connectivity index (χ3n) is 5.65. The summed E-state index contributed by atoms with van der Waals surface area (Å²) in [5.74, 6) is 2.27. The summed E-state index contributed by atoms with van der Waals surface area (Å²) in [4.78, 5) is 12.4. The number of benzene rings is 1. The lowest BCUT2D eigenvalue weighted by Crippen LogP contribution is -2.60. The number of para-hydroxylation sites is 1. The van der Waals surface area contributed by atoms with Crippen LogP contribution in [-0.4, -0.2) is 16.7 Å². The molecule has 0 aromatic heterocycles. The molecule has 0 heterocycles. The fourth-order valence-electron chi connectivity index (χ4n) is 5.27. The van der Waals surface area contributed by atoms with E-state index in [1.54, 1.807) is 18.2 Å². The largest absolute Gasteiger partial charge is 0.504 e. The van der Waals surface area contributed by atoms with E-state index in [1.807, 2.05) is 0 Å². The quantitative estimate of drug-likeness (QED) is 0.717. The van der Waals surface area contributed by atoms with Crippen LogP contribution in [0.25, 0.3) is 0 Å². The number of phenols is 1. The van der Waals surface area contributed by atoms with E-state index in [9.17, 15) is 9.90 Å². The average molecular weight is 321 g/mol. The van der Waals surface area contributed by atoms with Crippen LogP contribution < -0.4 is 10.6 Å². The number of carbonyl (C=O) groups is 1. The highest BCUT2D eigenvalue weighted by atomic mass is 35.5. The van der Waals surface area contributed by atoms with Gasteiger partial charge in [-0.25, -0.2) is 4.79 Å². The van der Waals surface area contributed by atoms with Crippen molar-refractivity contribution in [1.29, 1.82) is 0 Å². The van der Waals surface area contributed by atoms with Crippen LogP contribution in [0.3, 0.4) is 0 Å². The number of anilines is 1. The minimum Gasteiger partial charge on any atom is -0.504 e. The van der Waals surface area contributed by atoms with E-state index >= 15 is 0 Å². The van der Waals surface area contributed by atoms with Gasteiger partial charge in [-0.15, -0.1) is 0 Å². The predicted octanol–water partition coefficient (Wildman–Crippen LogP) is 4.14. The zero-order valence-corrected chi connectivity index (χ0v) is 13.2. The molecule has 0 atom stereocenters. The van der Waals surface area contributed by atoms with Crippen LogP contribution in [0.5, 0.6) is 5.75 Å². The second kappa shape index (κ2) is 5.05. The maximum atomic E-state index is 12.4. The van der Waals surface area contributed by atoms with Crippen LogP contribution in [0.1, 0.15) is 38.5 Å². The van der Waals surface area contributed by atoms with E-state index in [0.717, 1.165) is 37.0 Å². The summed E-state index contributed by atoms with van der Waals surface area (Å²) >= 11 is 5.88. The Bertz CT molecular complexity index is 581. The highest BCUT2D eigenvalue weighted by Crippen LogP contribution is 2.55. The molecule has 2 amide bonds. The summed E-state index contributed by atoms with van der Waals surface area (Å²) in [7, 11) is 0. The number of carbonyl (C=O) groups excluding carboxylic acids is 1. The molecule has 118 valence electrons. The van der Waals surface area contributed by atoms with E-state index in [0.29, 0.717) is 5.69 Å². The molecule has 4 fully saturated rings. The summed E-state index contributed by atoms with van der Waals surface area (Å²) in [5, 5.41) is 16.1. The number of urea groups is 1. The Kier molecular flexibility index (Phi) is 3.26. The van der Waals surface area contributed by atoms with Crippen LogP contribution >= 0.6 is 11.6 Å². The Morgan fingerprint density at radius 2 is 1.73 bits per heavy atom. The van der Waals surface area contributed by atoms with Crippen molar-refractivity contribution in [2.45, 2.75) is 44.1 Å². The first kappa shape index (κ1) is 14.2. The maximum absolute atomic E-state index is 12.4. The SMILES string of the molecule is O=C(Nc1cccc(Cl)c1O)NC12CC3CC(CC(C3)C1)C2. The van der Waals surface area contributed by atoms with Gasteiger partial charge in [-0.3, -0.25) is 0 Å². The molecule has 4 aliphatic carbocycles. The van der Waals surface area contributed by atoms with Crippen LogP contribution in [0.4, 0.5) is 10.5 Å². The lowest BCUT2D eigenvalue weighted by Gasteiger charge is -2.56. The number of hydrogen-bond acceptors (Lipinski definition) is 2. The zero-order chi connectivity index (χ0) is 15.3. The van der Waals surface area contributed by atoms with E-state index < -0.39 is 0 Å². The second-order valence-electron chi connectivity index (χ2n) is 7.41. The van der Waals surface area contributed by atoms with Crippen molar-refractivity contribution in [2.24, 2.45) is 17.8 Å². The molecule has 0 radical (unpaired) electrons. The van der Waals surface area contributed by atoms with Crippen molar-refractivity contribution < 1.29 is 9.90 Å². The molecule has 1 aromatic rings. The molecule has 4 nitrogen and oxygen atoms in total. The van der Waals surface area contributed by atoms with Gasteiger partial charge in [-0.2, -0.15) is 0 Å². The Hall–Kier alpha value is -1.42. The first-order valence-corrected chi connectivity index (χ1v) is 8.47. The summed E-state index contributed by atoms with van der Waals surface area (Å²) in [6.07, 6.45) is 7.35. The van der Waals surface area contributed by atoms with Gasteiger partial charge in [-0.05, 0) is 68.4 Å². The van der Waals surface area contributed by atoms with Gasteiger partial charge in [0.1, 0.15) is 0 Å². The molecule has 0 aliphatic heterocycles. The van der Waals surface area contributed by atoms with Gasteiger partial charge in [0.15, 0.2) is 5.75 Å². The molecule has 5 heteroatoms. The number of rotatable bonds is 2. The zero-order valence-electron chi connectivity index (χ0n) is 12.4. The molecule has 5 rings (SSSR count). The topological polar surface area (TPSA) is 61.4 Å². The highest BCUT2D eigenvalue weighted by molar-refractivity contribution is 6.32. The Morgan fingerprint density at radius 3 is 2.32 bits per heavy atom. The maximum Gasteiger partial charge on any atom is 0.319 e. The van der Waals surface area contributed by atoms with Crippen LogP contribution in [-0.2, 0) is 0 Å². The normalized spacial score (nSPS) is 35.4. The fourth-order valence-corrected chi connectivity index (χ4v) is 5.45. The third kappa shape index (κ3) is 2.43. The average Bonchev–Trinajstić information content (AvgIpc) is 2.41. The van der Waals surface area contributed by atoms with Gasteiger partial charge in [0.25, 0.3) is 0 Å². The first-order chi connectivity index (χ1) is 10.5. The van der Waals surface area contributed by atoms with Crippen LogP contribution in [0, 0.1) is 17.8 Å². The molecule has 1 aromatic carbocycles. The van der Waals surface area contributed by atoms with Crippen LogP contribution in [0.2, 0.25) is 5.02 Å². The molecule has 0 saturated heterocycles. The molecule has 4 saturated carbocycles. The summed E-state index contributed by atoms with van der Waals surface area (Å²) in [5.41, 5.74) is 0.322. The Balaban J connectivity index is 1.47. The predicted molar refractivity (Wildman–Crippen MR) is 86.2 cm³/mol. The van der Waals surface area contributed by atoms with Gasteiger partial charge >= 0.3 is 6.03 Å². The third-order valence-corrected chi connectivity index (χ3v) is 5.96. The molecular formula is C17H21ClN2O2. The van der Waals surface area contributed by atoms with E-state index in [2.05, 4.69) is 10.6 Å². The van der Waals surface area contributed by atoms with Crippen molar-refractivity contribution in [2.75, 3.05) is 5.32 Å². The van der Waals surface area contributed by atoms with Crippen LogP contribution in [0.15, 0.2) is 18.2 Å². The first-order valence-electron chi connectivity index (χ1n) is 8.10. The lowest BCUT2D eigenvalue weighted by atomic mass is 9.53. The lowest BCUT2D eigenvalue weighted by molar-refractivity contribution is -0.0127. The van der Waals surface area contributed by atoms with Gasteiger partial charge in [-0.1, -0.05) is 17.7 Å². The highest BCUT2D eigenvalue weighted by Gasteiger charge is 2.51.